The summed E-state index contributed by atoms with van der Waals surface area (Å²) < 4.78 is 26.8. The number of benzene rings is 1. The van der Waals surface area contributed by atoms with E-state index >= 15 is 0 Å². The van der Waals surface area contributed by atoms with Crippen molar-refractivity contribution in [1.82, 2.24) is 9.55 Å². The lowest BCUT2D eigenvalue weighted by atomic mass is 9.98. The van der Waals surface area contributed by atoms with Gasteiger partial charge in [-0.15, -0.1) is 0 Å². The molecule has 0 saturated carbocycles. The van der Waals surface area contributed by atoms with Crippen molar-refractivity contribution in [3.63, 3.8) is 0 Å². The molecule has 118 valence electrons. The lowest BCUT2D eigenvalue weighted by Crippen LogP contribution is -2.19. The second kappa shape index (κ2) is 6.92. The lowest BCUT2D eigenvalue weighted by Gasteiger charge is -2.22. The maximum atomic E-state index is 14.1. The smallest absolute Gasteiger partial charge is 0.142 e. The summed E-state index contributed by atoms with van der Waals surface area (Å²) in [6, 6.07) is 4.73. The SMILES string of the molecule is COc1ccc(F)c(-c2nccn2CCC2CCCOC2)c1. The van der Waals surface area contributed by atoms with Gasteiger partial charge in [0.25, 0.3) is 0 Å². The molecule has 5 heteroatoms. The number of halogens is 1. The van der Waals surface area contributed by atoms with Crippen molar-refractivity contribution in [2.24, 2.45) is 5.92 Å². The number of hydrogen-bond acceptors (Lipinski definition) is 3. The Labute approximate surface area is 129 Å². The van der Waals surface area contributed by atoms with E-state index in [2.05, 4.69) is 4.98 Å². The van der Waals surface area contributed by atoms with Crippen LogP contribution in [0.3, 0.4) is 0 Å². The van der Waals surface area contributed by atoms with E-state index in [4.69, 9.17) is 9.47 Å². The number of hydrogen-bond donors (Lipinski definition) is 0. The molecular weight excluding hydrogens is 283 g/mol. The molecule has 1 atom stereocenters. The molecule has 0 bridgehead atoms. The van der Waals surface area contributed by atoms with Crippen molar-refractivity contribution < 1.29 is 13.9 Å². The summed E-state index contributed by atoms with van der Waals surface area (Å²) in [5.41, 5.74) is 0.476. The molecule has 1 fully saturated rings. The van der Waals surface area contributed by atoms with E-state index in [1.165, 1.54) is 12.5 Å². The first kappa shape index (κ1) is 15.0. The van der Waals surface area contributed by atoms with Gasteiger partial charge in [0.2, 0.25) is 0 Å². The van der Waals surface area contributed by atoms with Crippen LogP contribution >= 0.6 is 0 Å². The minimum Gasteiger partial charge on any atom is -0.497 e. The molecule has 3 rings (SSSR count). The average Bonchev–Trinajstić information content (AvgIpc) is 3.03. The zero-order chi connectivity index (χ0) is 15.4. The fourth-order valence-corrected chi connectivity index (χ4v) is 2.89. The van der Waals surface area contributed by atoms with E-state index < -0.39 is 0 Å². The van der Waals surface area contributed by atoms with Crippen molar-refractivity contribution in [1.29, 1.82) is 0 Å². The quantitative estimate of drug-likeness (QED) is 0.848. The van der Waals surface area contributed by atoms with Crippen molar-refractivity contribution in [2.75, 3.05) is 20.3 Å². The van der Waals surface area contributed by atoms with Gasteiger partial charge in [0.1, 0.15) is 17.4 Å². The summed E-state index contributed by atoms with van der Waals surface area (Å²) in [6.07, 6.45) is 6.97. The van der Waals surface area contributed by atoms with Crippen LogP contribution in [0.4, 0.5) is 4.39 Å². The highest BCUT2D eigenvalue weighted by Crippen LogP contribution is 2.27. The molecule has 1 aromatic heterocycles. The largest absolute Gasteiger partial charge is 0.497 e. The molecule has 1 aliphatic rings. The van der Waals surface area contributed by atoms with E-state index in [9.17, 15) is 4.39 Å². The van der Waals surface area contributed by atoms with Crippen LogP contribution in [0.25, 0.3) is 11.4 Å². The van der Waals surface area contributed by atoms with Gasteiger partial charge in [-0.3, -0.25) is 0 Å². The number of aromatic nitrogens is 2. The van der Waals surface area contributed by atoms with Gasteiger partial charge >= 0.3 is 0 Å². The zero-order valence-electron chi connectivity index (χ0n) is 12.8. The Morgan fingerprint density at radius 2 is 2.36 bits per heavy atom. The standard InChI is InChI=1S/C17H21FN2O2/c1-21-14-4-5-16(18)15(11-14)17-19-7-9-20(17)8-6-13-3-2-10-22-12-13/h4-5,7,9,11,13H,2-3,6,8,10,12H2,1H3. The van der Waals surface area contributed by atoms with E-state index in [-0.39, 0.29) is 5.82 Å². The topological polar surface area (TPSA) is 36.3 Å². The van der Waals surface area contributed by atoms with Crippen LogP contribution in [-0.2, 0) is 11.3 Å². The summed E-state index contributed by atoms with van der Waals surface area (Å²) in [5, 5.41) is 0. The molecule has 2 aromatic rings. The lowest BCUT2D eigenvalue weighted by molar-refractivity contribution is 0.0501. The van der Waals surface area contributed by atoms with Crippen molar-refractivity contribution >= 4 is 0 Å². The number of methoxy groups -OCH3 is 1. The molecule has 1 unspecified atom stereocenters. The third kappa shape index (κ3) is 3.30. The van der Waals surface area contributed by atoms with Crippen molar-refractivity contribution in [2.45, 2.75) is 25.8 Å². The van der Waals surface area contributed by atoms with E-state index in [1.54, 1.807) is 25.4 Å². The Morgan fingerprint density at radius 1 is 1.45 bits per heavy atom. The summed E-state index contributed by atoms with van der Waals surface area (Å²) in [6.45, 7) is 2.53. The predicted octanol–water partition coefficient (Wildman–Crippen LogP) is 3.51. The minimum atomic E-state index is -0.283. The third-order valence-electron chi connectivity index (χ3n) is 4.16. The van der Waals surface area contributed by atoms with Gasteiger partial charge in [-0.05, 0) is 43.4 Å². The first-order valence-corrected chi connectivity index (χ1v) is 7.70. The van der Waals surface area contributed by atoms with Crippen molar-refractivity contribution in [3.8, 4) is 17.1 Å². The molecule has 0 amide bonds. The molecule has 0 aliphatic carbocycles. The van der Waals surface area contributed by atoms with Crippen LogP contribution in [0, 0.1) is 11.7 Å². The van der Waals surface area contributed by atoms with Crippen LogP contribution in [0.2, 0.25) is 0 Å². The molecule has 2 heterocycles. The first-order chi connectivity index (χ1) is 10.8. The summed E-state index contributed by atoms with van der Waals surface area (Å²) in [7, 11) is 1.58. The third-order valence-corrected chi connectivity index (χ3v) is 4.16. The second-order valence-electron chi connectivity index (χ2n) is 5.66. The number of ether oxygens (including phenoxy) is 2. The van der Waals surface area contributed by atoms with Gasteiger partial charge in [0.15, 0.2) is 0 Å². The fourth-order valence-electron chi connectivity index (χ4n) is 2.89. The van der Waals surface area contributed by atoms with Crippen LogP contribution in [0.5, 0.6) is 5.75 Å². The van der Waals surface area contributed by atoms with Gasteiger partial charge in [-0.2, -0.15) is 0 Å². The monoisotopic (exact) mass is 304 g/mol. The Bertz CT molecular complexity index is 621. The highest BCUT2D eigenvalue weighted by molar-refractivity contribution is 5.59. The number of aryl methyl sites for hydroxylation is 1. The molecule has 1 saturated heterocycles. The Morgan fingerprint density at radius 3 is 3.14 bits per heavy atom. The molecule has 4 nitrogen and oxygen atoms in total. The Balaban J connectivity index is 1.76. The Kier molecular flexibility index (Phi) is 4.73. The van der Waals surface area contributed by atoms with Gasteiger partial charge in [0.05, 0.1) is 12.7 Å². The highest BCUT2D eigenvalue weighted by atomic mass is 19.1. The predicted molar refractivity (Wildman–Crippen MR) is 82.3 cm³/mol. The molecule has 1 aliphatic heterocycles. The molecule has 0 N–H and O–H groups in total. The Hall–Kier alpha value is -1.88. The summed E-state index contributed by atoms with van der Waals surface area (Å²) in [5.74, 6) is 1.58. The minimum absolute atomic E-state index is 0.283. The average molecular weight is 304 g/mol. The highest BCUT2D eigenvalue weighted by Gasteiger charge is 2.16. The maximum absolute atomic E-state index is 14.1. The fraction of sp³-hybridized carbons (Fsp3) is 0.471. The molecule has 0 radical (unpaired) electrons. The van der Waals surface area contributed by atoms with Crippen LogP contribution in [-0.4, -0.2) is 29.9 Å². The summed E-state index contributed by atoms with van der Waals surface area (Å²) in [4.78, 5) is 4.32. The molecule has 22 heavy (non-hydrogen) atoms. The van der Waals surface area contributed by atoms with Gasteiger partial charge < -0.3 is 14.0 Å². The summed E-state index contributed by atoms with van der Waals surface area (Å²) >= 11 is 0. The molecule has 0 spiro atoms. The maximum Gasteiger partial charge on any atom is 0.142 e. The molecule has 1 aromatic carbocycles. The number of rotatable bonds is 5. The van der Waals surface area contributed by atoms with Gasteiger partial charge in [0, 0.05) is 32.2 Å². The van der Waals surface area contributed by atoms with Crippen LogP contribution < -0.4 is 4.74 Å². The van der Waals surface area contributed by atoms with E-state index in [0.29, 0.717) is 23.1 Å². The number of nitrogens with zero attached hydrogens (tertiary/aromatic N) is 2. The zero-order valence-corrected chi connectivity index (χ0v) is 12.8. The van der Waals surface area contributed by atoms with Crippen LogP contribution in [0.15, 0.2) is 30.6 Å². The van der Waals surface area contributed by atoms with Crippen LogP contribution in [0.1, 0.15) is 19.3 Å². The van der Waals surface area contributed by atoms with Crippen molar-refractivity contribution in [3.05, 3.63) is 36.4 Å². The van der Waals surface area contributed by atoms with E-state index in [1.807, 2.05) is 10.8 Å². The first-order valence-electron chi connectivity index (χ1n) is 7.70. The van der Waals surface area contributed by atoms with Gasteiger partial charge in [-0.25, -0.2) is 9.37 Å². The molecular formula is C17H21FN2O2. The van der Waals surface area contributed by atoms with Gasteiger partial charge in [-0.1, -0.05) is 0 Å². The second-order valence-corrected chi connectivity index (χ2v) is 5.66. The van der Waals surface area contributed by atoms with E-state index in [0.717, 1.165) is 32.6 Å². The number of imidazole rings is 1. The normalized spacial score (nSPS) is 18.4.